The summed E-state index contributed by atoms with van der Waals surface area (Å²) in [6, 6.07) is 50.9. The lowest BCUT2D eigenvalue weighted by molar-refractivity contribution is 1.28. The third-order valence-corrected chi connectivity index (χ3v) is 7.87. The Hall–Kier alpha value is -3.83. The van der Waals surface area contributed by atoms with Gasteiger partial charge in [0.05, 0.1) is 0 Å². The van der Waals surface area contributed by atoms with Crippen LogP contribution in [0.2, 0.25) is 0 Å². The number of hydrogen-bond acceptors (Lipinski definition) is 4. The largest absolute Gasteiger partial charge is 0.311 e. The fourth-order valence-corrected chi connectivity index (χ4v) is 5.26. The lowest BCUT2D eigenvalue weighted by atomic mass is 10.0. The first-order valence-corrected chi connectivity index (χ1v) is 14.4. The molecule has 0 bridgehead atoms. The summed E-state index contributed by atoms with van der Waals surface area (Å²) in [5, 5.41) is 0. The Morgan fingerprint density at radius 2 is 0.425 bits per heavy atom. The van der Waals surface area contributed by atoms with Gasteiger partial charge in [-0.25, -0.2) is 0 Å². The number of anilines is 3. The van der Waals surface area contributed by atoms with Crippen molar-refractivity contribution in [2.45, 2.75) is 14.7 Å². The Kier molecular flexibility index (Phi) is 7.74. The van der Waals surface area contributed by atoms with Crippen LogP contribution in [0.15, 0.2) is 160 Å². The van der Waals surface area contributed by atoms with Crippen molar-refractivity contribution in [3.05, 3.63) is 146 Å². The van der Waals surface area contributed by atoms with E-state index < -0.39 is 0 Å². The molecule has 1 nitrogen and oxygen atoms in total. The van der Waals surface area contributed by atoms with Crippen LogP contribution in [-0.2, 0) is 0 Å². The van der Waals surface area contributed by atoms with Crippen LogP contribution in [-0.4, -0.2) is 0 Å². The molecule has 0 aliphatic carbocycles. The first-order chi connectivity index (χ1) is 19.5. The number of thiol groups is 3. The summed E-state index contributed by atoms with van der Waals surface area (Å²) >= 11 is 13.3. The van der Waals surface area contributed by atoms with Gasteiger partial charge in [-0.15, -0.1) is 37.9 Å². The molecule has 0 saturated heterocycles. The Labute approximate surface area is 252 Å². The van der Waals surface area contributed by atoms with E-state index in [1.54, 1.807) is 0 Å². The molecule has 0 atom stereocenters. The fourth-order valence-electron chi connectivity index (χ4n) is 4.82. The van der Waals surface area contributed by atoms with Crippen molar-refractivity contribution in [1.29, 1.82) is 0 Å². The molecule has 0 unspecified atom stereocenters. The summed E-state index contributed by atoms with van der Waals surface area (Å²) in [5.41, 5.74) is 10.3. The minimum absolute atomic E-state index is 0.960. The van der Waals surface area contributed by atoms with Gasteiger partial charge in [-0.1, -0.05) is 72.8 Å². The van der Waals surface area contributed by atoms with E-state index in [-0.39, 0.29) is 0 Å². The van der Waals surface area contributed by atoms with Gasteiger partial charge in [0.1, 0.15) is 0 Å². The standard InChI is InChI=1S/C36H27NS3/c38-34-19-7-28(8-20-34)25-1-13-31(14-2-25)37(32-15-3-26(4-16-32)29-9-21-35(39)22-10-29)33-17-5-27(6-18-33)30-11-23-36(40)24-12-30/h1-24,38-40H. The summed E-state index contributed by atoms with van der Waals surface area (Å²) in [6.45, 7) is 0. The van der Waals surface area contributed by atoms with Crippen LogP contribution >= 0.6 is 37.9 Å². The number of benzene rings is 6. The molecule has 0 aliphatic rings. The SMILES string of the molecule is Sc1ccc(-c2ccc(N(c3ccc(-c4ccc(S)cc4)cc3)c3ccc(-c4ccc(S)cc4)cc3)cc2)cc1. The number of hydrogen-bond donors (Lipinski definition) is 3. The highest BCUT2D eigenvalue weighted by Crippen LogP contribution is 2.37. The van der Waals surface area contributed by atoms with Crippen LogP contribution in [0.25, 0.3) is 33.4 Å². The van der Waals surface area contributed by atoms with Crippen LogP contribution in [0, 0.1) is 0 Å². The number of rotatable bonds is 6. The molecule has 6 rings (SSSR count). The summed E-state index contributed by atoms with van der Waals surface area (Å²) in [6.07, 6.45) is 0. The summed E-state index contributed by atoms with van der Waals surface area (Å²) in [4.78, 5) is 5.17. The predicted molar refractivity (Wildman–Crippen MR) is 179 cm³/mol. The molecule has 0 aromatic heterocycles. The molecule has 0 amide bonds. The van der Waals surface area contributed by atoms with E-state index in [1.165, 1.54) is 33.4 Å². The van der Waals surface area contributed by atoms with Crippen LogP contribution in [0.3, 0.4) is 0 Å². The van der Waals surface area contributed by atoms with Gasteiger partial charge in [0.25, 0.3) is 0 Å². The molecule has 0 heterocycles. The summed E-state index contributed by atoms with van der Waals surface area (Å²) in [7, 11) is 0. The highest BCUT2D eigenvalue weighted by atomic mass is 32.1. The predicted octanol–water partition coefficient (Wildman–Crippen LogP) is 11.0. The molecule has 0 saturated carbocycles. The monoisotopic (exact) mass is 569 g/mol. The van der Waals surface area contributed by atoms with E-state index >= 15 is 0 Å². The molecular weight excluding hydrogens is 543 g/mol. The maximum atomic E-state index is 4.42. The van der Waals surface area contributed by atoms with Crippen molar-refractivity contribution in [2.24, 2.45) is 0 Å². The van der Waals surface area contributed by atoms with Crippen LogP contribution in [0.1, 0.15) is 0 Å². The zero-order valence-corrected chi connectivity index (χ0v) is 24.3. The fraction of sp³-hybridized carbons (Fsp3) is 0. The molecule has 0 N–H and O–H groups in total. The van der Waals surface area contributed by atoms with Gasteiger partial charge in [-0.3, -0.25) is 0 Å². The van der Waals surface area contributed by atoms with E-state index in [0.29, 0.717) is 0 Å². The van der Waals surface area contributed by atoms with Crippen molar-refractivity contribution in [1.82, 2.24) is 0 Å². The Balaban J connectivity index is 1.37. The molecule has 6 aromatic carbocycles. The van der Waals surface area contributed by atoms with Gasteiger partial charge >= 0.3 is 0 Å². The first-order valence-electron chi connectivity index (χ1n) is 13.0. The average molecular weight is 570 g/mol. The second-order valence-corrected chi connectivity index (χ2v) is 11.2. The minimum Gasteiger partial charge on any atom is -0.311 e. The molecule has 194 valence electrons. The van der Waals surface area contributed by atoms with Crippen LogP contribution in [0.4, 0.5) is 17.1 Å². The van der Waals surface area contributed by atoms with E-state index in [9.17, 15) is 0 Å². The summed E-state index contributed by atoms with van der Waals surface area (Å²) in [5.74, 6) is 0. The molecule has 40 heavy (non-hydrogen) atoms. The van der Waals surface area contributed by atoms with E-state index in [2.05, 4.69) is 152 Å². The van der Waals surface area contributed by atoms with E-state index in [0.717, 1.165) is 31.7 Å². The topological polar surface area (TPSA) is 3.24 Å². The Morgan fingerprint density at radius 1 is 0.250 bits per heavy atom. The van der Waals surface area contributed by atoms with Gasteiger partial charge in [0, 0.05) is 31.7 Å². The first kappa shape index (κ1) is 26.4. The second kappa shape index (κ2) is 11.7. The van der Waals surface area contributed by atoms with Gasteiger partial charge in [-0.05, 0) is 106 Å². The van der Waals surface area contributed by atoms with Gasteiger partial charge in [0.2, 0.25) is 0 Å². The lowest BCUT2D eigenvalue weighted by Gasteiger charge is -2.26. The third-order valence-electron chi connectivity index (χ3n) is 6.98. The van der Waals surface area contributed by atoms with Crippen molar-refractivity contribution < 1.29 is 0 Å². The van der Waals surface area contributed by atoms with E-state index in [1.807, 2.05) is 36.4 Å². The quantitative estimate of drug-likeness (QED) is 0.168. The molecule has 6 aromatic rings. The Morgan fingerprint density at radius 3 is 0.625 bits per heavy atom. The molecule has 0 spiro atoms. The Bertz CT molecular complexity index is 1500. The normalized spacial score (nSPS) is 10.9. The van der Waals surface area contributed by atoms with Crippen LogP contribution < -0.4 is 4.90 Å². The molecule has 0 radical (unpaired) electrons. The highest BCUT2D eigenvalue weighted by molar-refractivity contribution is 7.80. The maximum Gasteiger partial charge on any atom is 0.0462 e. The third kappa shape index (κ3) is 5.85. The molecule has 0 fully saturated rings. The van der Waals surface area contributed by atoms with Gasteiger partial charge in [-0.2, -0.15) is 0 Å². The van der Waals surface area contributed by atoms with Crippen molar-refractivity contribution in [3.8, 4) is 33.4 Å². The van der Waals surface area contributed by atoms with Crippen molar-refractivity contribution >= 4 is 54.9 Å². The van der Waals surface area contributed by atoms with Crippen molar-refractivity contribution in [2.75, 3.05) is 4.90 Å². The molecular formula is C36H27NS3. The zero-order valence-electron chi connectivity index (χ0n) is 21.6. The molecule has 4 heteroatoms. The van der Waals surface area contributed by atoms with Gasteiger partial charge in [0.15, 0.2) is 0 Å². The lowest BCUT2D eigenvalue weighted by Crippen LogP contribution is -2.09. The maximum absolute atomic E-state index is 4.42. The number of nitrogens with zero attached hydrogens (tertiary/aromatic N) is 1. The van der Waals surface area contributed by atoms with Crippen molar-refractivity contribution in [3.63, 3.8) is 0 Å². The summed E-state index contributed by atoms with van der Waals surface area (Å²) < 4.78 is 0. The smallest absolute Gasteiger partial charge is 0.0462 e. The molecule has 0 aliphatic heterocycles. The van der Waals surface area contributed by atoms with Gasteiger partial charge < -0.3 is 4.90 Å². The zero-order chi connectivity index (χ0) is 27.5. The highest BCUT2D eigenvalue weighted by Gasteiger charge is 2.14. The van der Waals surface area contributed by atoms with E-state index in [4.69, 9.17) is 0 Å². The second-order valence-electron chi connectivity index (χ2n) is 9.62. The minimum atomic E-state index is 0.960. The van der Waals surface area contributed by atoms with Crippen LogP contribution in [0.5, 0.6) is 0 Å². The average Bonchev–Trinajstić information content (AvgIpc) is 3.00.